The normalized spacial score (nSPS) is 25.1. The SMILES string of the molecule is CCOC(=O)C(CC1=C2CC(C)[C@H](OC(C)(C)C)C2CCC1=O)C(=O)OCC. The first-order valence-electron chi connectivity index (χ1n) is 10.3. The predicted octanol–water partition coefficient (Wildman–Crippen LogP) is 3.62. The van der Waals surface area contributed by atoms with Crippen molar-refractivity contribution in [3.05, 3.63) is 11.1 Å². The molecule has 0 aromatic rings. The Labute approximate surface area is 168 Å². The highest BCUT2D eigenvalue weighted by Gasteiger charge is 2.45. The molecule has 0 radical (unpaired) electrons. The number of ether oxygens (including phenoxy) is 3. The molecule has 0 aromatic carbocycles. The summed E-state index contributed by atoms with van der Waals surface area (Å²) in [6, 6.07) is 0. The van der Waals surface area contributed by atoms with Crippen molar-refractivity contribution in [3.63, 3.8) is 0 Å². The molecule has 0 N–H and O–H groups in total. The second-order valence-electron chi connectivity index (χ2n) is 8.71. The maximum absolute atomic E-state index is 12.7. The minimum atomic E-state index is -1.09. The Morgan fingerprint density at radius 3 is 2.18 bits per heavy atom. The fourth-order valence-electron chi connectivity index (χ4n) is 4.32. The van der Waals surface area contributed by atoms with E-state index in [-0.39, 0.29) is 49.0 Å². The standard InChI is InChI=1S/C22H34O6/c1-7-26-20(24)17(21(25)27-8-2)12-16-15-11-13(3)19(28-22(4,5)6)14(15)9-10-18(16)23/h13-14,17,19H,7-12H2,1-6H3/t13?,14?,19-/m0/s1. The van der Waals surface area contributed by atoms with Gasteiger partial charge in [0, 0.05) is 12.3 Å². The summed E-state index contributed by atoms with van der Waals surface area (Å²) in [5, 5.41) is 0. The van der Waals surface area contributed by atoms with Gasteiger partial charge in [-0.2, -0.15) is 0 Å². The second kappa shape index (κ2) is 9.21. The number of hydrogen-bond acceptors (Lipinski definition) is 6. The summed E-state index contributed by atoms with van der Waals surface area (Å²) in [7, 11) is 0. The third kappa shape index (κ3) is 5.22. The van der Waals surface area contributed by atoms with Gasteiger partial charge in [0.05, 0.1) is 24.9 Å². The summed E-state index contributed by atoms with van der Waals surface area (Å²) in [4.78, 5) is 37.5. The van der Waals surface area contributed by atoms with Gasteiger partial charge in [-0.05, 0) is 65.4 Å². The average Bonchev–Trinajstić information content (AvgIpc) is 2.88. The highest BCUT2D eigenvalue weighted by Crippen LogP contribution is 2.47. The van der Waals surface area contributed by atoms with Crippen LogP contribution in [0.5, 0.6) is 0 Å². The molecule has 2 unspecified atom stereocenters. The molecule has 158 valence electrons. The average molecular weight is 395 g/mol. The molecule has 2 aliphatic carbocycles. The van der Waals surface area contributed by atoms with Gasteiger partial charge in [0.25, 0.3) is 0 Å². The summed E-state index contributed by atoms with van der Waals surface area (Å²) in [6.07, 6.45) is 2.02. The number of hydrogen-bond donors (Lipinski definition) is 0. The first kappa shape index (κ1) is 22.6. The Hall–Kier alpha value is -1.69. The molecule has 0 aromatic heterocycles. The van der Waals surface area contributed by atoms with Crippen LogP contribution in [0.2, 0.25) is 0 Å². The molecule has 0 heterocycles. The lowest BCUT2D eigenvalue weighted by Crippen LogP contribution is -2.35. The maximum atomic E-state index is 12.7. The molecule has 2 aliphatic rings. The van der Waals surface area contributed by atoms with Crippen molar-refractivity contribution < 1.29 is 28.6 Å². The Balaban J connectivity index is 2.33. The van der Waals surface area contributed by atoms with E-state index in [2.05, 4.69) is 6.92 Å². The van der Waals surface area contributed by atoms with Gasteiger partial charge in [-0.1, -0.05) is 12.5 Å². The van der Waals surface area contributed by atoms with Gasteiger partial charge in [0.15, 0.2) is 11.7 Å². The number of carbonyl (C=O) groups excluding carboxylic acids is 3. The van der Waals surface area contributed by atoms with Crippen LogP contribution >= 0.6 is 0 Å². The van der Waals surface area contributed by atoms with Gasteiger partial charge in [-0.15, -0.1) is 0 Å². The topological polar surface area (TPSA) is 78.9 Å². The highest BCUT2D eigenvalue weighted by atomic mass is 16.6. The number of rotatable bonds is 7. The zero-order chi connectivity index (χ0) is 21.1. The van der Waals surface area contributed by atoms with Crippen LogP contribution in [-0.4, -0.2) is 42.6 Å². The fourth-order valence-corrected chi connectivity index (χ4v) is 4.32. The summed E-state index contributed by atoms with van der Waals surface area (Å²) in [6.45, 7) is 12.0. The quantitative estimate of drug-likeness (QED) is 0.485. The molecule has 6 heteroatoms. The molecule has 3 atom stereocenters. The van der Waals surface area contributed by atoms with E-state index in [9.17, 15) is 14.4 Å². The van der Waals surface area contributed by atoms with Crippen LogP contribution in [0, 0.1) is 17.8 Å². The maximum Gasteiger partial charge on any atom is 0.320 e. The van der Waals surface area contributed by atoms with Crippen LogP contribution in [0.3, 0.4) is 0 Å². The lowest BCUT2D eigenvalue weighted by atomic mass is 9.79. The molecule has 6 nitrogen and oxygen atoms in total. The monoisotopic (exact) mass is 394 g/mol. The van der Waals surface area contributed by atoms with E-state index in [1.165, 1.54) is 0 Å². The van der Waals surface area contributed by atoms with Crippen LogP contribution in [0.25, 0.3) is 0 Å². The van der Waals surface area contributed by atoms with Gasteiger partial charge < -0.3 is 14.2 Å². The minimum Gasteiger partial charge on any atom is -0.465 e. The molecule has 1 fully saturated rings. The van der Waals surface area contributed by atoms with Gasteiger partial charge in [0.2, 0.25) is 0 Å². The molecule has 1 saturated carbocycles. The van der Waals surface area contributed by atoms with Crippen molar-refractivity contribution in [2.45, 2.75) is 78.9 Å². The Morgan fingerprint density at radius 1 is 1.11 bits per heavy atom. The van der Waals surface area contributed by atoms with Crippen molar-refractivity contribution in [3.8, 4) is 0 Å². The van der Waals surface area contributed by atoms with Gasteiger partial charge in [-0.3, -0.25) is 14.4 Å². The number of fused-ring (bicyclic) bond motifs is 1. The molecule has 0 spiro atoms. The summed E-state index contributed by atoms with van der Waals surface area (Å²) in [5.74, 6) is -1.89. The largest absolute Gasteiger partial charge is 0.465 e. The summed E-state index contributed by atoms with van der Waals surface area (Å²) < 4.78 is 16.5. The second-order valence-corrected chi connectivity index (χ2v) is 8.71. The third-order valence-corrected chi connectivity index (χ3v) is 5.39. The third-order valence-electron chi connectivity index (χ3n) is 5.39. The van der Waals surface area contributed by atoms with E-state index < -0.39 is 17.9 Å². The van der Waals surface area contributed by atoms with Crippen molar-refractivity contribution in [1.29, 1.82) is 0 Å². The van der Waals surface area contributed by atoms with E-state index in [0.29, 0.717) is 12.0 Å². The number of esters is 2. The van der Waals surface area contributed by atoms with Gasteiger partial charge in [0.1, 0.15) is 0 Å². The zero-order valence-corrected chi connectivity index (χ0v) is 18.0. The first-order valence-corrected chi connectivity index (χ1v) is 10.3. The first-order chi connectivity index (χ1) is 13.1. The molecular weight excluding hydrogens is 360 g/mol. The molecule has 0 aliphatic heterocycles. The van der Waals surface area contributed by atoms with E-state index >= 15 is 0 Å². The van der Waals surface area contributed by atoms with Crippen LogP contribution in [0.1, 0.15) is 67.2 Å². The molecule has 0 bridgehead atoms. The number of Topliss-reactive ketones (excluding diaryl/α,β-unsaturated/α-hetero) is 1. The lowest BCUT2D eigenvalue weighted by Gasteiger charge is -2.33. The van der Waals surface area contributed by atoms with Crippen LogP contribution in [0.4, 0.5) is 0 Å². The van der Waals surface area contributed by atoms with E-state index in [0.717, 1.165) is 18.4 Å². The zero-order valence-electron chi connectivity index (χ0n) is 18.0. The molecule has 0 saturated heterocycles. The highest BCUT2D eigenvalue weighted by molar-refractivity contribution is 6.01. The molecule has 28 heavy (non-hydrogen) atoms. The van der Waals surface area contributed by atoms with Crippen molar-refractivity contribution in [2.75, 3.05) is 13.2 Å². The fraction of sp³-hybridized carbons (Fsp3) is 0.773. The molecule has 2 rings (SSSR count). The minimum absolute atomic E-state index is 0.0217. The van der Waals surface area contributed by atoms with E-state index in [1.54, 1.807) is 13.8 Å². The van der Waals surface area contributed by atoms with Crippen molar-refractivity contribution >= 4 is 17.7 Å². The Bertz CT molecular complexity index is 624. The van der Waals surface area contributed by atoms with Gasteiger partial charge >= 0.3 is 11.9 Å². The summed E-state index contributed by atoms with van der Waals surface area (Å²) in [5.41, 5.74) is 1.39. The van der Waals surface area contributed by atoms with Crippen LogP contribution < -0.4 is 0 Å². The van der Waals surface area contributed by atoms with Gasteiger partial charge in [-0.25, -0.2) is 0 Å². The predicted molar refractivity (Wildman–Crippen MR) is 105 cm³/mol. The van der Waals surface area contributed by atoms with Crippen molar-refractivity contribution in [2.24, 2.45) is 17.8 Å². The smallest absolute Gasteiger partial charge is 0.320 e. The summed E-state index contributed by atoms with van der Waals surface area (Å²) >= 11 is 0. The molecular formula is C22H34O6. The lowest BCUT2D eigenvalue weighted by molar-refractivity contribution is -0.161. The van der Waals surface area contributed by atoms with Crippen molar-refractivity contribution in [1.82, 2.24) is 0 Å². The van der Waals surface area contributed by atoms with E-state index in [1.807, 2.05) is 20.8 Å². The number of allylic oxidation sites excluding steroid dienone is 1. The Kier molecular flexibility index (Phi) is 7.43. The van der Waals surface area contributed by atoms with Crippen LogP contribution in [-0.2, 0) is 28.6 Å². The Morgan fingerprint density at radius 2 is 1.68 bits per heavy atom. The van der Waals surface area contributed by atoms with E-state index in [4.69, 9.17) is 14.2 Å². The number of carbonyl (C=O) groups is 3. The molecule has 0 amide bonds. The van der Waals surface area contributed by atoms with Crippen LogP contribution in [0.15, 0.2) is 11.1 Å². The number of ketones is 1.